The molecule has 3 rings (SSSR count). The summed E-state index contributed by atoms with van der Waals surface area (Å²) < 4.78 is 1.79. The minimum absolute atomic E-state index is 0.0596. The van der Waals surface area contributed by atoms with Crippen LogP contribution in [0, 0.1) is 0 Å². The normalized spacial score (nSPS) is 14.1. The smallest absolute Gasteiger partial charge is 0.211 e. The molecule has 0 saturated heterocycles. The lowest BCUT2D eigenvalue weighted by atomic mass is 9.96. The lowest BCUT2D eigenvalue weighted by Gasteiger charge is -2.17. The van der Waals surface area contributed by atoms with Crippen LogP contribution in [0.15, 0.2) is 30.5 Å². The molecule has 0 radical (unpaired) electrons. The Hall–Kier alpha value is -1.94. The van der Waals surface area contributed by atoms with Crippen molar-refractivity contribution in [3.8, 4) is 0 Å². The predicted molar refractivity (Wildman–Crippen MR) is 77.8 cm³/mol. The van der Waals surface area contributed by atoms with Gasteiger partial charge in [0.1, 0.15) is 5.69 Å². The van der Waals surface area contributed by atoms with Crippen LogP contribution in [0.1, 0.15) is 40.5 Å². The van der Waals surface area contributed by atoms with Crippen molar-refractivity contribution in [1.29, 1.82) is 0 Å². The van der Waals surface area contributed by atoms with Crippen molar-refractivity contribution in [2.24, 2.45) is 0 Å². The topological polar surface area (TPSA) is 46.9 Å². The SMILES string of the molecule is CCCn1nccc1C(=O)c1ccc2c(c1)CNCC2. The summed E-state index contributed by atoms with van der Waals surface area (Å²) >= 11 is 0. The van der Waals surface area contributed by atoms with E-state index in [1.165, 1.54) is 11.1 Å². The molecule has 0 amide bonds. The fourth-order valence-corrected chi connectivity index (χ4v) is 2.69. The number of nitrogens with zero attached hydrogens (tertiary/aromatic N) is 2. The van der Waals surface area contributed by atoms with E-state index in [0.29, 0.717) is 5.69 Å². The monoisotopic (exact) mass is 269 g/mol. The van der Waals surface area contributed by atoms with Gasteiger partial charge in [0.2, 0.25) is 5.78 Å². The maximum Gasteiger partial charge on any atom is 0.211 e. The van der Waals surface area contributed by atoms with Crippen LogP contribution in [0.2, 0.25) is 0 Å². The molecule has 1 aliphatic rings. The number of fused-ring (bicyclic) bond motifs is 1. The summed E-state index contributed by atoms with van der Waals surface area (Å²) in [6.45, 7) is 4.73. The molecule has 20 heavy (non-hydrogen) atoms. The van der Waals surface area contributed by atoms with Crippen LogP contribution >= 0.6 is 0 Å². The molecule has 2 heterocycles. The number of hydrogen-bond donors (Lipinski definition) is 1. The van der Waals surface area contributed by atoms with Gasteiger partial charge < -0.3 is 5.32 Å². The highest BCUT2D eigenvalue weighted by Gasteiger charge is 2.16. The van der Waals surface area contributed by atoms with Crippen molar-refractivity contribution in [2.75, 3.05) is 6.54 Å². The van der Waals surface area contributed by atoms with Crippen LogP contribution in [0.3, 0.4) is 0 Å². The predicted octanol–water partition coefficient (Wildman–Crippen LogP) is 2.17. The van der Waals surface area contributed by atoms with Crippen molar-refractivity contribution in [3.63, 3.8) is 0 Å². The molecular weight excluding hydrogens is 250 g/mol. The molecule has 1 aliphatic heterocycles. The minimum atomic E-state index is 0.0596. The number of carbonyl (C=O) groups is 1. The number of ketones is 1. The van der Waals surface area contributed by atoms with E-state index in [-0.39, 0.29) is 5.78 Å². The van der Waals surface area contributed by atoms with Gasteiger partial charge in [0.05, 0.1) is 0 Å². The molecule has 4 nitrogen and oxygen atoms in total. The fourth-order valence-electron chi connectivity index (χ4n) is 2.69. The van der Waals surface area contributed by atoms with Crippen molar-refractivity contribution in [3.05, 3.63) is 52.8 Å². The van der Waals surface area contributed by atoms with Crippen LogP contribution in [-0.4, -0.2) is 22.1 Å². The summed E-state index contributed by atoms with van der Waals surface area (Å²) in [6, 6.07) is 7.85. The first-order valence-electron chi connectivity index (χ1n) is 7.18. The van der Waals surface area contributed by atoms with E-state index >= 15 is 0 Å². The van der Waals surface area contributed by atoms with E-state index in [1.54, 1.807) is 16.9 Å². The molecule has 0 bridgehead atoms. The van der Waals surface area contributed by atoms with Crippen LogP contribution < -0.4 is 5.32 Å². The Morgan fingerprint density at radius 1 is 1.35 bits per heavy atom. The lowest BCUT2D eigenvalue weighted by molar-refractivity contribution is 0.102. The van der Waals surface area contributed by atoms with E-state index in [4.69, 9.17) is 0 Å². The quantitative estimate of drug-likeness (QED) is 0.865. The van der Waals surface area contributed by atoms with Crippen LogP contribution in [0.5, 0.6) is 0 Å². The number of aromatic nitrogens is 2. The van der Waals surface area contributed by atoms with E-state index in [9.17, 15) is 4.79 Å². The summed E-state index contributed by atoms with van der Waals surface area (Å²) in [6.07, 6.45) is 3.70. The van der Waals surface area contributed by atoms with Gasteiger partial charge in [-0.25, -0.2) is 0 Å². The Balaban J connectivity index is 1.92. The zero-order chi connectivity index (χ0) is 13.9. The van der Waals surface area contributed by atoms with Gasteiger partial charge in [-0.1, -0.05) is 19.1 Å². The van der Waals surface area contributed by atoms with Gasteiger partial charge in [0.25, 0.3) is 0 Å². The van der Waals surface area contributed by atoms with Gasteiger partial charge in [-0.3, -0.25) is 9.48 Å². The van der Waals surface area contributed by atoms with Crippen molar-refractivity contribution >= 4 is 5.78 Å². The van der Waals surface area contributed by atoms with Gasteiger partial charge in [0, 0.05) is 24.8 Å². The summed E-state index contributed by atoms with van der Waals surface area (Å²) in [5.74, 6) is 0.0596. The highest BCUT2D eigenvalue weighted by molar-refractivity contribution is 6.08. The maximum atomic E-state index is 12.6. The lowest BCUT2D eigenvalue weighted by Crippen LogP contribution is -2.24. The molecule has 0 fully saturated rings. The number of hydrogen-bond acceptors (Lipinski definition) is 3. The highest BCUT2D eigenvalue weighted by atomic mass is 16.1. The van der Waals surface area contributed by atoms with Crippen molar-refractivity contribution < 1.29 is 4.79 Å². The van der Waals surface area contributed by atoms with E-state index in [2.05, 4.69) is 23.4 Å². The standard InChI is InChI=1S/C16H19N3O/c1-2-9-19-15(6-8-18-19)16(20)13-4-3-12-5-7-17-11-14(12)10-13/h3-4,6,8,10,17H,2,5,7,9,11H2,1H3. The number of aryl methyl sites for hydroxylation is 1. The number of nitrogens with one attached hydrogen (secondary N) is 1. The maximum absolute atomic E-state index is 12.6. The first kappa shape index (κ1) is 13.1. The van der Waals surface area contributed by atoms with Crippen LogP contribution in [0.25, 0.3) is 0 Å². The average Bonchev–Trinajstić information content (AvgIpc) is 2.94. The molecule has 4 heteroatoms. The molecule has 0 aliphatic carbocycles. The molecule has 0 saturated carbocycles. The average molecular weight is 269 g/mol. The van der Waals surface area contributed by atoms with Gasteiger partial charge in [0.15, 0.2) is 0 Å². The van der Waals surface area contributed by atoms with Crippen molar-refractivity contribution in [2.45, 2.75) is 32.9 Å². The van der Waals surface area contributed by atoms with E-state index in [0.717, 1.165) is 38.0 Å². The molecule has 0 unspecified atom stereocenters. The minimum Gasteiger partial charge on any atom is -0.312 e. The summed E-state index contributed by atoms with van der Waals surface area (Å²) in [7, 11) is 0. The Morgan fingerprint density at radius 2 is 2.25 bits per heavy atom. The molecular formula is C16H19N3O. The molecule has 2 aromatic rings. The van der Waals surface area contributed by atoms with E-state index < -0.39 is 0 Å². The van der Waals surface area contributed by atoms with Crippen LogP contribution in [-0.2, 0) is 19.5 Å². The zero-order valence-electron chi connectivity index (χ0n) is 11.7. The Kier molecular flexibility index (Phi) is 3.65. The number of rotatable bonds is 4. The third kappa shape index (κ3) is 2.39. The molecule has 1 aromatic heterocycles. The second-order valence-corrected chi connectivity index (χ2v) is 5.18. The molecule has 104 valence electrons. The Morgan fingerprint density at radius 3 is 3.10 bits per heavy atom. The van der Waals surface area contributed by atoms with Gasteiger partial charge in [-0.2, -0.15) is 5.10 Å². The summed E-state index contributed by atoms with van der Waals surface area (Å²) in [5.41, 5.74) is 4.02. The van der Waals surface area contributed by atoms with Gasteiger partial charge >= 0.3 is 0 Å². The first-order chi connectivity index (χ1) is 9.79. The largest absolute Gasteiger partial charge is 0.312 e. The Bertz CT molecular complexity index is 630. The first-order valence-corrected chi connectivity index (χ1v) is 7.18. The van der Waals surface area contributed by atoms with Gasteiger partial charge in [-0.15, -0.1) is 0 Å². The van der Waals surface area contributed by atoms with E-state index in [1.807, 2.05) is 12.1 Å². The Labute approximate surface area is 118 Å². The third-order valence-electron chi connectivity index (χ3n) is 3.74. The second-order valence-electron chi connectivity index (χ2n) is 5.18. The third-order valence-corrected chi connectivity index (χ3v) is 3.74. The zero-order valence-corrected chi connectivity index (χ0v) is 11.7. The molecule has 0 spiro atoms. The van der Waals surface area contributed by atoms with Crippen LogP contribution in [0.4, 0.5) is 0 Å². The fraction of sp³-hybridized carbons (Fsp3) is 0.375. The summed E-state index contributed by atoms with van der Waals surface area (Å²) in [4.78, 5) is 12.6. The second kappa shape index (κ2) is 5.59. The van der Waals surface area contributed by atoms with Crippen molar-refractivity contribution in [1.82, 2.24) is 15.1 Å². The number of benzene rings is 1. The highest BCUT2D eigenvalue weighted by Crippen LogP contribution is 2.18. The molecule has 1 N–H and O–H groups in total. The van der Waals surface area contributed by atoms with Gasteiger partial charge in [-0.05, 0) is 42.6 Å². The number of carbonyl (C=O) groups excluding carboxylic acids is 1. The molecule has 0 atom stereocenters. The molecule has 1 aromatic carbocycles. The summed E-state index contributed by atoms with van der Waals surface area (Å²) in [5, 5.41) is 7.57.